The van der Waals surface area contributed by atoms with Gasteiger partial charge in [-0.1, -0.05) is 31.9 Å². The molecule has 12 heavy (non-hydrogen) atoms. The van der Waals surface area contributed by atoms with Crippen LogP contribution in [0.5, 0.6) is 0 Å². The maximum absolute atomic E-state index is 10.5. The normalized spacial score (nSPS) is 40.2. The zero-order valence-electron chi connectivity index (χ0n) is 5.78. The number of aliphatic carboxylic acids is 2. The molecule has 0 radical (unpaired) electrons. The fraction of sp³-hybridized carbons (Fsp3) is 0.667. The predicted molar refractivity (Wildman–Crippen MR) is 47.7 cm³/mol. The van der Waals surface area contributed by atoms with Crippen molar-refractivity contribution in [2.45, 2.75) is 9.65 Å². The molecule has 0 saturated heterocycles. The van der Waals surface area contributed by atoms with E-state index in [2.05, 4.69) is 31.9 Å². The van der Waals surface area contributed by atoms with Gasteiger partial charge in [0.25, 0.3) is 0 Å². The number of hydrogen-bond donors (Lipinski definition) is 2. The summed E-state index contributed by atoms with van der Waals surface area (Å²) in [5.41, 5.74) is 0. The minimum absolute atomic E-state index is 0.295. The van der Waals surface area contributed by atoms with Crippen LogP contribution in [0.3, 0.4) is 0 Å². The average Bonchev–Trinajstić information content (AvgIpc) is 1.96. The summed E-state index contributed by atoms with van der Waals surface area (Å²) in [5.74, 6) is -3.79. The molecule has 1 fully saturated rings. The quantitative estimate of drug-likeness (QED) is 0.744. The largest absolute Gasteiger partial charge is 0.481 e. The lowest BCUT2D eigenvalue weighted by Crippen LogP contribution is -2.56. The second-order valence-corrected chi connectivity index (χ2v) is 4.73. The van der Waals surface area contributed by atoms with E-state index in [-0.39, 0.29) is 9.65 Å². The number of halogens is 2. The fourth-order valence-corrected chi connectivity index (χ4v) is 2.99. The smallest absolute Gasteiger partial charge is 0.308 e. The molecule has 0 amide bonds. The van der Waals surface area contributed by atoms with Gasteiger partial charge in [0.1, 0.15) is 0 Å². The lowest BCUT2D eigenvalue weighted by atomic mass is 9.73. The molecule has 1 aliphatic carbocycles. The second kappa shape index (κ2) is 3.33. The van der Waals surface area contributed by atoms with E-state index in [1.807, 2.05) is 0 Å². The summed E-state index contributed by atoms with van der Waals surface area (Å²) < 4.78 is 0. The Hall–Kier alpha value is -0.100. The van der Waals surface area contributed by atoms with Gasteiger partial charge < -0.3 is 10.2 Å². The van der Waals surface area contributed by atoms with Crippen molar-refractivity contribution in [3.05, 3.63) is 0 Å². The van der Waals surface area contributed by atoms with Crippen molar-refractivity contribution in [1.29, 1.82) is 0 Å². The summed E-state index contributed by atoms with van der Waals surface area (Å²) >= 11 is 6.22. The Kier molecular flexibility index (Phi) is 2.77. The standard InChI is InChI=1S/C6H6Br2O4/c7-3-1(5(9)10)2(4(3)8)6(11)12/h1-4H,(H,9,10)(H,11,12)/t1-,2+,3-,4+. The molecule has 1 saturated carbocycles. The summed E-state index contributed by atoms with van der Waals surface area (Å²) in [6.45, 7) is 0. The summed E-state index contributed by atoms with van der Waals surface area (Å²) in [6, 6.07) is 0. The highest BCUT2D eigenvalue weighted by molar-refractivity contribution is 9.12. The molecule has 0 aromatic carbocycles. The molecule has 0 heterocycles. The fourth-order valence-electron chi connectivity index (χ4n) is 1.23. The van der Waals surface area contributed by atoms with E-state index in [1.54, 1.807) is 0 Å². The molecule has 0 aromatic rings. The molecule has 4 atom stereocenters. The zero-order chi connectivity index (χ0) is 9.46. The van der Waals surface area contributed by atoms with Crippen LogP contribution in [0.25, 0.3) is 0 Å². The first-order chi connectivity index (χ1) is 5.46. The van der Waals surface area contributed by atoms with Crippen LogP contribution < -0.4 is 0 Å². The molecule has 6 heteroatoms. The van der Waals surface area contributed by atoms with Crippen molar-refractivity contribution in [2.75, 3.05) is 0 Å². The number of alkyl halides is 2. The van der Waals surface area contributed by atoms with Crippen LogP contribution in [0.1, 0.15) is 0 Å². The highest BCUT2D eigenvalue weighted by Gasteiger charge is 2.55. The van der Waals surface area contributed by atoms with Gasteiger partial charge in [-0.25, -0.2) is 0 Å². The van der Waals surface area contributed by atoms with E-state index in [0.29, 0.717) is 0 Å². The van der Waals surface area contributed by atoms with Crippen molar-refractivity contribution >= 4 is 43.8 Å². The summed E-state index contributed by atoms with van der Waals surface area (Å²) in [5, 5.41) is 17.3. The van der Waals surface area contributed by atoms with Crippen molar-refractivity contribution in [3.8, 4) is 0 Å². The van der Waals surface area contributed by atoms with Crippen molar-refractivity contribution in [3.63, 3.8) is 0 Å². The highest BCUT2D eigenvalue weighted by Crippen LogP contribution is 2.45. The topological polar surface area (TPSA) is 74.6 Å². The Balaban J connectivity index is 2.75. The maximum Gasteiger partial charge on any atom is 0.308 e. The summed E-state index contributed by atoms with van der Waals surface area (Å²) in [4.78, 5) is 20.5. The first kappa shape index (κ1) is 9.98. The van der Waals surface area contributed by atoms with Crippen LogP contribution in [-0.4, -0.2) is 31.8 Å². The van der Waals surface area contributed by atoms with Crippen LogP contribution in [0.4, 0.5) is 0 Å². The Morgan fingerprint density at radius 3 is 1.33 bits per heavy atom. The monoisotopic (exact) mass is 300 g/mol. The van der Waals surface area contributed by atoms with Crippen LogP contribution in [0.2, 0.25) is 0 Å². The number of carbonyl (C=O) groups is 2. The van der Waals surface area contributed by atoms with Gasteiger partial charge in [0.2, 0.25) is 0 Å². The third-order valence-corrected chi connectivity index (χ3v) is 4.94. The van der Waals surface area contributed by atoms with E-state index in [4.69, 9.17) is 10.2 Å². The molecule has 0 aliphatic heterocycles. The van der Waals surface area contributed by atoms with E-state index < -0.39 is 23.8 Å². The molecule has 0 unspecified atom stereocenters. The molecule has 0 aromatic heterocycles. The second-order valence-electron chi connectivity index (χ2n) is 2.62. The van der Waals surface area contributed by atoms with Gasteiger partial charge >= 0.3 is 11.9 Å². The van der Waals surface area contributed by atoms with E-state index in [0.717, 1.165) is 0 Å². The molecule has 4 nitrogen and oxygen atoms in total. The average molecular weight is 302 g/mol. The van der Waals surface area contributed by atoms with Crippen LogP contribution in [0.15, 0.2) is 0 Å². The van der Waals surface area contributed by atoms with Gasteiger partial charge in [-0.2, -0.15) is 0 Å². The Morgan fingerprint density at radius 2 is 1.17 bits per heavy atom. The third kappa shape index (κ3) is 1.37. The van der Waals surface area contributed by atoms with E-state index in [9.17, 15) is 9.59 Å². The highest BCUT2D eigenvalue weighted by atomic mass is 79.9. The molecule has 68 valence electrons. The number of hydrogen-bond acceptors (Lipinski definition) is 2. The number of carboxylic acid groups (broad SMARTS) is 2. The minimum atomic E-state index is -1.07. The Labute approximate surface area is 85.2 Å². The van der Waals surface area contributed by atoms with Gasteiger partial charge in [-0.05, 0) is 0 Å². The van der Waals surface area contributed by atoms with E-state index in [1.165, 1.54) is 0 Å². The Bertz CT molecular complexity index is 206. The lowest BCUT2D eigenvalue weighted by molar-refractivity contribution is -0.158. The third-order valence-electron chi connectivity index (χ3n) is 1.95. The van der Waals surface area contributed by atoms with Crippen LogP contribution >= 0.6 is 31.9 Å². The number of rotatable bonds is 2. The molecule has 1 aliphatic rings. The molecule has 0 spiro atoms. The molecule has 2 N–H and O–H groups in total. The van der Waals surface area contributed by atoms with Gasteiger partial charge in [0.15, 0.2) is 0 Å². The first-order valence-electron chi connectivity index (χ1n) is 3.20. The Morgan fingerprint density at radius 1 is 0.917 bits per heavy atom. The van der Waals surface area contributed by atoms with Crippen molar-refractivity contribution in [2.24, 2.45) is 11.8 Å². The lowest BCUT2D eigenvalue weighted by Gasteiger charge is -2.41. The van der Waals surface area contributed by atoms with Crippen LogP contribution in [0, 0.1) is 11.8 Å². The first-order valence-corrected chi connectivity index (χ1v) is 5.03. The van der Waals surface area contributed by atoms with Crippen molar-refractivity contribution < 1.29 is 19.8 Å². The van der Waals surface area contributed by atoms with Gasteiger partial charge in [-0.3, -0.25) is 9.59 Å². The minimum Gasteiger partial charge on any atom is -0.481 e. The maximum atomic E-state index is 10.5. The SMILES string of the molecule is O=C(O)[C@@H]1[C@H](Br)[C@H](Br)[C@@H]1C(=O)O. The van der Waals surface area contributed by atoms with Gasteiger partial charge in [0, 0.05) is 9.65 Å². The predicted octanol–water partition coefficient (Wildman–Crippen LogP) is 0.929. The molecular formula is C6H6Br2O4. The van der Waals surface area contributed by atoms with Gasteiger partial charge in [-0.15, -0.1) is 0 Å². The zero-order valence-corrected chi connectivity index (χ0v) is 8.95. The van der Waals surface area contributed by atoms with Gasteiger partial charge in [0.05, 0.1) is 11.8 Å². The molecule has 0 bridgehead atoms. The molecule has 1 rings (SSSR count). The summed E-state index contributed by atoms with van der Waals surface area (Å²) in [6.07, 6.45) is 0. The van der Waals surface area contributed by atoms with Crippen LogP contribution in [-0.2, 0) is 9.59 Å². The van der Waals surface area contributed by atoms with Crippen molar-refractivity contribution in [1.82, 2.24) is 0 Å². The number of carboxylic acids is 2. The molecular weight excluding hydrogens is 296 g/mol. The van der Waals surface area contributed by atoms with E-state index >= 15 is 0 Å². The summed E-state index contributed by atoms with van der Waals surface area (Å²) in [7, 11) is 0.